The SMILES string of the molecule is Cc1ccc(S(=O)(=O)OS(c2ccccc2)(c2ccc(OC(C)(C)C)c(OC(C)(C)C)c2)c2ccc(OC(C)(C)C)c(OC(C)(C)C)c2)cc1. The molecule has 0 atom stereocenters. The Kier molecular flexibility index (Phi) is 11.1. The summed E-state index contributed by atoms with van der Waals surface area (Å²) >= 11 is 0. The maximum Gasteiger partial charge on any atom is 0.307 e. The van der Waals surface area contributed by atoms with E-state index in [4.69, 9.17) is 22.6 Å². The molecule has 0 heterocycles. The van der Waals surface area contributed by atoms with E-state index in [0.717, 1.165) is 5.56 Å². The van der Waals surface area contributed by atoms with Gasteiger partial charge in [-0.1, -0.05) is 35.9 Å². The van der Waals surface area contributed by atoms with E-state index < -0.39 is 42.8 Å². The van der Waals surface area contributed by atoms with Gasteiger partial charge in [-0.3, -0.25) is 0 Å². The molecule has 4 rings (SSSR count). The van der Waals surface area contributed by atoms with Gasteiger partial charge in [0.05, 0.1) is 4.90 Å². The molecule has 0 aromatic heterocycles. The summed E-state index contributed by atoms with van der Waals surface area (Å²) in [5.74, 6) is 2.00. The Labute approximate surface area is 301 Å². The molecular weight excluding hydrogens is 669 g/mol. The second-order valence-electron chi connectivity index (χ2n) is 16.3. The Morgan fingerprint density at radius 3 is 1.16 bits per heavy atom. The monoisotopic (exact) mass is 722 g/mol. The molecule has 0 amide bonds. The smallest absolute Gasteiger partial charge is 0.307 e. The molecule has 0 N–H and O–H groups in total. The van der Waals surface area contributed by atoms with Gasteiger partial charge in [0.1, 0.15) is 22.4 Å². The Hall–Kier alpha value is -3.66. The van der Waals surface area contributed by atoms with Crippen molar-refractivity contribution in [3.8, 4) is 23.0 Å². The van der Waals surface area contributed by atoms with E-state index in [1.165, 1.54) is 0 Å². The molecule has 0 unspecified atom stereocenters. The molecule has 0 radical (unpaired) electrons. The van der Waals surface area contributed by atoms with Gasteiger partial charge < -0.3 is 18.9 Å². The van der Waals surface area contributed by atoms with Crippen LogP contribution in [-0.4, -0.2) is 30.8 Å². The molecule has 0 aliphatic carbocycles. The predicted molar refractivity (Wildman–Crippen MR) is 203 cm³/mol. The zero-order valence-corrected chi connectivity index (χ0v) is 33.5. The van der Waals surface area contributed by atoms with Crippen molar-refractivity contribution in [1.29, 1.82) is 0 Å². The molecule has 0 aliphatic rings. The average Bonchev–Trinajstić information content (AvgIpc) is 2.95. The lowest BCUT2D eigenvalue weighted by atomic mass is 10.1. The molecule has 272 valence electrons. The number of hydrogen-bond donors (Lipinski definition) is 0. The van der Waals surface area contributed by atoms with Crippen LogP contribution in [0, 0.1) is 6.92 Å². The molecule has 0 saturated carbocycles. The maximum atomic E-state index is 14.5. The van der Waals surface area contributed by atoms with Crippen LogP contribution in [0.3, 0.4) is 0 Å². The lowest BCUT2D eigenvalue weighted by molar-refractivity contribution is 0.0953. The van der Waals surface area contributed by atoms with E-state index in [1.54, 1.807) is 24.3 Å². The van der Waals surface area contributed by atoms with Crippen molar-refractivity contribution < 1.29 is 31.0 Å². The van der Waals surface area contributed by atoms with Crippen LogP contribution in [0.2, 0.25) is 0 Å². The van der Waals surface area contributed by atoms with Crippen molar-refractivity contribution in [2.45, 2.75) is 132 Å². The lowest BCUT2D eigenvalue weighted by Crippen LogP contribution is -2.27. The van der Waals surface area contributed by atoms with Gasteiger partial charge in [-0.05, 0) is 161 Å². The largest absolute Gasteiger partial charge is 0.484 e. The third-order valence-corrected chi connectivity index (χ3v) is 11.9. The van der Waals surface area contributed by atoms with E-state index in [-0.39, 0.29) is 4.90 Å². The summed E-state index contributed by atoms with van der Waals surface area (Å²) in [6.07, 6.45) is 0. The molecule has 0 fully saturated rings. The minimum absolute atomic E-state index is 0.0496. The van der Waals surface area contributed by atoms with Crippen LogP contribution >= 0.6 is 10.3 Å². The van der Waals surface area contributed by atoms with E-state index in [9.17, 15) is 8.42 Å². The van der Waals surface area contributed by atoms with E-state index in [1.807, 2.05) is 157 Å². The number of hydrogen-bond acceptors (Lipinski definition) is 7. The third kappa shape index (κ3) is 10.2. The Morgan fingerprint density at radius 2 is 0.780 bits per heavy atom. The number of aryl methyl sites for hydroxylation is 1. The summed E-state index contributed by atoms with van der Waals surface area (Å²) in [6.45, 7) is 25.5. The molecule has 7 nitrogen and oxygen atoms in total. The van der Waals surface area contributed by atoms with Crippen LogP contribution in [0.4, 0.5) is 0 Å². The van der Waals surface area contributed by atoms with Crippen LogP contribution < -0.4 is 18.9 Å². The highest BCUT2D eigenvalue weighted by molar-refractivity contribution is 8.33. The standard InChI is InChI=1S/C41H54O7S2/c1-29-19-21-31(22-20-29)50(42,43)48-49(30-17-15-14-16-18-30,32-23-25-34(44-38(2,3)4)36(27-32)46-40(8,9)10)33-24-26-35(45-39(5,6)7)37(28-33)47-41(11,12)13/h14-28H,1-13H3. The van der Waals surface area contributed by atoms with Crippen molar-refractivity contribution >= 4 is 20.4 Å². The highest BCUT2D eigenvalue weighted by Crippen LogP contribution is 2.71. The fraction of sp³-hybridized carbons (Fsp3) is 0.415. The molecule has 4 aromatic rings. The van der Waals surface area contributed by atoms with E-state index in [0.29, 0.717) is 37.7 Å². The minimum Gasteiger partial charge on any atom is -0.484 e. The zero-order chi connectivity index (χ0) is 37.3. The quantitative estimate of drug-likeness (QED) is 0.161. The van der Waals surface area contributed by atoms with Crippen LogP contribution in [0.5, 0.6) is 23.0 Å². The van der Waals surface area contributed by atoms with Gasteiger partial charge in [0.15, 0.2) is 23.0 Å². The van der Waals surface area contributed by atoms with E-state index >= 15 is 0 Å². The van der Waals surface area contributed by atoms with Crippen molar-refractivity contribution in [1.82, 2.24) is 0 Å². The topological polar surface area (TPSA) is 80.3 Å². The third-order valence-electron chi connectivity index (χ3n) is 6.74. The molecule has 50 heavy (non-hydrogen) atoms. The normalized spacial score (nSPS) is 13.5. The lowest BCUT2D eigenvalue weighted by Gasteiger charge is -2.40. The summed E-state index contributed by atoms with van der Waals surface area (Å²) in [6, 6.07) is 27.2. The van der Waals surface area contributed by atoms with Crippen molar-refractivity contribution in [3.05, 3.63) is 96.6 Å². The van der Waals surface area contributed by atoms with E-state index in [2.05, 4.69) is 0 Å². The molecule has 0 aliphatic heterocycles. The number of benzene rings is 4. The molecular formula is C41H54O7S2. The molecule has 0 saturated heterocycles. The highest BCUT2D eigenvalue weighted by Gasteiger charge is 2.40. The fourth-order valence-electron chi connectivity index (χ4n) is 5.00. The summed E-state index contributed by atoms with van der Waals surface area (Å²) in [7, 11) is -7.44. The summed E-state index contributed by atoms with van der Waals surface area (Å²) < 4.78 is 61.5. The Bertz CT molecular complexity index is 1790. The van der Waals surface area contributed by atoms with Gasteiger partial charge in [0, 0.05) is 14.7 Å². The van der Waals surface area contributed by atoms with Gasteiger partial charge in [-0.15, -0.1) is 0 Å². The second kappa shape index (κ2) is 14.2. The van der Waals surface area contributed by atoms with Gasteiger partial charge >= 0.3 is 10.1 Å². The first-order chi connectivity index (χ1) is 22.9. The van der Waals surface area contributed by atoms with Crippen LogP contribution in [0.25, 0.3) is 0 Å². The van der Waals surface area contributed by atoms with Gasteiger partial charge in [-0.2, -0.15) is 8.42 Å². The summed E-state index contributed by atoms with van der Waals surface area (Å²) in [5, 5.41) is 0. The number of rotatable bonds is 10. The Morgan fingerprint density at radius 1 is 0.420 bits per heavy atom. The minimum atomic E-state index is -4.36. The Balaban J connectivity index is 2.15. The zero-order valence-electron chi connectivity index (χ0n) is 31.8. The average molecular weight is 723 g/mol. The summed E-state index contributed by atoms with van der Waals surface area (Å²) in [5.41, 5.74) is -1.29. The van der Waals surface area contributed by atoms with Gasteiger partial charge in [-0.25, -0.2) is 3.63 Å². The molecule has 0 bridgehead atoms. The predicted octanol–water partition coefficient (Wildman–Crippen LogP) is 11.3. The van der Waals surface area contributed by atoms with Gasteiger partial charge in [0.2, 0.25) is 0 Å². The fourth-order valence-corrected chi connectivity index (χ4v) is 10.2. The van der Waals surface area contributed by atoms with Crippen molar-refractivity contribution in [2.24, 2.45) is 0 Å². The van der Waals surface area contributed by atoms with Crippen LogP contribution in [0.15, 0.2) is 111 Å². The van der Waals surface area contributed by atoms with Crippen molar-refractivity contribution in [3.63, 3.8) is 0 Å². The molecule has 9 heteroatoms. The second-order valence-corrected chi connectivity index (χ2v) is 20.7. The van der Waals surface area contributed by atoms with Crippen molar-refractivity contribution in [2.75, 3.05) is 0 Å². The molecule has 0 spiro atoms. The molecule has 4 aromatic carbocycles. The first-order valence-electron chi connectivity index (χ1n) is 16.8. The summed E-state index contributed by atoms with van der Waals surface area (Å²) in [4.78, 5) is 1.89. The highest BCUT2D eigenvalue weighted by atomic mass is 32.3. The van der Waals surface area contributed by atoms with Crippen LogP contribution in [0.1, 0.15) is 88.6 Å². The van der Waals surface area contributed by atoms with Crippen LogP contribution in [-0.2, 0) is 13.7 Å². The first kappa shape index (κ1) is 39.1. The van der Waals surface area contributed by atoms with Gasteiger partial charge in [0.25, 0.3) is 0 Å². The maximum absolute atomic E-state index is 14.5. The first-order valence-corrected chi connectivity index (χ1v) is 19.8. The number of ether oxygens (including phenoxy) is 4.